The Morgan fingerprint density at radius 2 is 0.957 bits per heavy atom. The molecule has 0 bridgehead atoms. The first-order chi connectivity index (χ1) is 10.8. The summed E-state index contributed by atoms with van der Waals surface area (Å²) in [6.07, 6.45) is 0. The number of thiol groups is 2. The lowest BCUT2D eigenvalue weighted by Crippen LogP contribution is -2.18. The summed E-state index contributed by atoms with van der Waals surface area (Å²) < 4.78 is 51.4. The maximum Gasteiger partial charge on any atom is 0.299 e. The standard InChI is InChI=1S/C15H16O6S2/c1-15(2,11-3-7-13(8-4-11)20-22(16)17)12-5-9-14(10-6-12)21-23(18)19/h3-10,22-23H,1-2H3. The van der Waals surface area contributed by atoms with E-state index < -0.39 is 22.0 Å². The van der Waals surface area contributed by atoms with Crippen LogP contribution in [0.1, 0.15) is 25.0 Å². The van der Waals surface area contributed by atoms with Gasteiger partial charge in [-0.05, 0) is 35.4 Å². The van der Waals surface area contributed by atoms with Gasteiger partial charge in [0, 0.05) is 5.41 Å². The number of hydrogen-bond donors (Lipinski definition) is 2. The molecule has 6 nitrogen and oxygen atoms in total. The van der Waals surface area contributed by atoms with Crippen LogP contribution in [0, 0.1) is 0 Å². The molecule has 0 N–H and O–H groups in total. The highest BCUT2D eigenvalue weighted by atomic mass is 32.2. The zero-order valence-electron chi connectivity index (χ0n) is 12.5. The Kier molecular flexibility index (Phi) is 5.27. The van der Waals surface area contributed by atoms with Crippen LogP contribution in [0.4, 0.5) is 0 Å². The molecular weight excluding hydrogens is 340 g/mol. The lowest BCUT2D eigenvalue weighted by atomic mass is 9.78. The maximum atomic E-state index is 10.5. The second kappa shape index (κ2) is 7.01. The van der Waals surface area contributed by atoms with Crippen LogP contribution in [0.2, 0.25) is 0 Å². The van der Waals surface area contributed by atoms with Gasteiger partial charge in [-0.25, -0.2) is 0 Å². The van der Waals surface area contributed by atoms with Gasteiger partial charge in [-0.3, -0.25) is 0 Å². The second-order valence-electron chi connectivity index (χ2n) is 5.30. The van der Waals surface area contributed by atoms with Crippen LogP contribution < -0.4 is 8.37 Å². The summed E-state index contributed by atoms with van der Waals surface area (Å²) in [6, 6.07) is 13.5. The molecule has 2 rings (SSSR count). The molecule has 0 atom stereocenters. The Morgan fingerprint density at radius 1 is 0.652 bits per heavy atom. The molecule has 8 heteroatoms. The van der Waals surface area contributed by atoms with Crippen molar-refractivity contribution in [3.63, 3.8) is 0 Å². The van der Waals surface area contributed by atoms with Crippen molar-refractivity contribution >= 4 is 22.0 Å². The van der Waals surface area contributed by atoms with E-state index in [0.717, 1.165) is 11.1 Å². The van der Waals surface area contributed by atoms with Gasteiger partial charge in [0.1, 0.15) is 11.5 Å². The van der Waals surface area contributed by atoms with Crippen LogP contribution in [-0.4, -0.2) is 16.8 Å². The zero-order valence-corrected chi connectivity index (χ0v) is 14.3. The Morgan fingerprint density at radius 3 is 1.22 bits per heavy atom. The van der Waals surface area contributed by atoms with Gasteiger partial charge in [-0.15, -0.1) is 0 Å². The van der Waals surface area contributed by atoms with Gasteiger partial charge < -0.3 is 8.37 Å². The van der Waals surface area contributed by atoms with E-state index in [2.05, 4.69) is 8.37 Å². The fraction of sp³-hybridized carbons (Fsp3) is 0.200. The van der Waals surface area contributed by atoms with Gasteiger partial charge in [-0.1, -0.05) is 38.1 Å². The van der Waals surface area contributed by atoms with Gasteiger partial charge in [-0.2, -0.15) is 16.8 Å². The second-order valence-corrected chi connectivity index (χ2v) is 6.56. The molecule has 0 amide bonds. The Labute approximate surface area is 138 Å². The molecule has 0 spiro atoms. The predicted molar refractivity (Wildman–Crippen MR) is 86.9 cm³/mol. The van der Waals surface area contributed by atoms with Crippen molar-refractivity contribution in [2.75, 3.05) is 0 Å². The van der Waals surface area contributed by atoms with E-state index in [0.29, 0.717) is 0 Å². The highest BCUT2D eigenvalue weighted by Crippen LogP contribution is 2.33. The van der Waals surface area contributed by atoms with Crippen LogP contribution in [0.15, 0.2) is 48.5 Å². The van der Waals surface area contributed by atoms with E-state index >= 15 is 0 Å². The van der Waals surface area contributed by atoms with Crippen LogP contribution in [0.25, 0.3) is 0 Å². The van der Waals surface area contributed by atoms with E-state index in [9.17, 15) is 16.8 Å². The van der Waals surface area contributed by atoms with E-state index in [1.807, 2.05) is 13.8 Å². The molecule has 0 saturated carbocycles. The lowest BCUT2D eigenvalue weighted by Gasteiger charge is -2.26. The minimum Gasteiger partial charge on any atom is -0.384 e. The third kappa shape index (κ3) is 4.46. The van der Waals surface area contributed by atoms with Crippen LogP contribution in [0.3, 0.4) is 0 Å². The normalized spacial score (nSPS) is 11.7. The maximum absolute atomic E-state index is 10.5. The zero-order chi connectivity index (χ0) is 17.0. The van der Waals surface area contributed by atoms with Crippen LogP contribution in [-0.2, 0) is 27.4 Å². The molecule has 23 heavy (non-hydrogen) atoms. The molecule has 0 aliphatic heterocycles. The average molecular weight is 356 g/mol. The van der Waals surface area contributed by atoms with Crippen molar-refractivity contribution in [2.45, 2.75) is 19.3 Å². The van der Waals surface area contributed by atoms with Gasteiger partial charge in [0.25, 0.3) is 22.0 Å². The molecule has 0 radical (unpaired) electrons. The summed E-state index contributed by atoms with van der Waals surface area (Å²) in [5.41, 5.74) is 1.54. The molecule has 2 aromatic carbocycles. The smallest absolute Gasteiger partial charge is 0.299 e. The van der Waals surface area contributed by atoms with E-state index in [1.54, 1.807) is 48.5 Å². The van der Waals surface area contributed by atoms with Crippen molar-refractivity contribution in [3.8, 4) is 11.5 Å². The van der Waals surface area contributed by atoms with Gasteiger partial charge >= 0.3 is 0 Å². The first-order valence-electron chi connectivity index (χ1n) is 6.65. The summed E-state index contributed by atoms with van der Waals surface area (Å²) in [5.74, 6) is 0.507. The molecule has 0 aromatic heterocycles. The molecule has 0 aliphatic rings. The first-order valence-corrected chi connectivity index (χ1v) is 8.84. The summed E-state index contributed by atoms with van der Waals surface area (Å²) in [5, 5.41) is 0. The summed E-state index contributed by atoms with van der Waals surface area (Å²) >= 11 is 0. The fourth-order valence-corrected chi connectivity index (χ4v) is 2.79. The van der Waals surface area contributed by atoms with Crippen molar-refractivity contribution < 1.29 is 25.2 Å². The quantitative estimate of drug-likeness (QED) is 0.768. The topological polar surface area (TPSA) is 86.7 Å². The molecule has 0 heterocycles. The number of hydrogen-bond acceptors (Lipinski definition) is 6. The molecule has 2 aromatic rings. The third-order valence-corrected chi connectivity index (χ3v) is 4.23. The van der Waals surface area contributed by atoms with Crippen LogP contribution >= 0.6 is 0 Å². The van der Waals surface area contributed by atoms with Crippen molar-refractivity contribution in [2.24, 2.45) is 0 Å². The van der Waals surface area contributed by atoms with Crippen LogP contribution in [0.5, 0.6) is 11.5 Å². The SMILES string of the molecule is CC(C)(c1ccc(O[SH](=O)=O)cc1)c1ccc(O[SH](=O)=O)cc1. The van der Waals surface area contributed by atoms with Gasteiger partial charge in [0.2, 0.25) is 0 Å². The van der Waals surface area contributed by atoms with Crippen molar-refractivity contribution in [1.82, 2.24) is 0 Å². The molecule has 0 aliphatic carbocycles. The number of benzene rings is 2. The average Bonchev–Trinajstić information content (AvgIpc) is 2.47. The molecule has 0 fully saturated rings. The first kappa shape index (κ1) is 17.3. The summed E-state index contributed by atoms with van der Waals surface area (Å²) in [7, 11) is -5.87. The van der Waals surface area contributed by atoms with Gasteiger partial charge in [0.05, 0.1) is 0 Å². The predicted octanol–water partition coefficient (Wildman–Crippen LogP) is 1.82. The minimum absolute atomic E-state index is 0.253. The van der Waals surface area contributed by atoms with E-state index in [-0.39, 0.29) is 16.9 Å². The fourth-order valence-electron chi connectivity index (χ4n) is 2.20. The van der Waals surface area contributed by atoms with Gasteiger partial charge in [0.15, 0.2) is 0 Å². The number of rotatable bonds is 6. The minimum atomic E-state index is -2.93. The monoisotopic (exact) mass is 356 g/mol. The molecule has 0 saturated heterocycles. The van der Waals surface area contributed by atoms with Crippen molar-refractivity contribution in [3.05, 3.63) is 59.7 Å². The van der Waals surface area contributed by atoms with Crippen molar-refractivity contribution in [1.29, 1.82) is 0 Å². The summed E-state index contributed by atoms with van der Waals surface area (Å²) in [4.78, 5) is 0. The molecule has 0 unspecified atom stereocenters. The Balaban J connectivity index is 2.26. The highest BCUT2D eigenvalue weighted by molar-refractivity contribution is 7.67. The molecular formula is C15H16O6S2. The van der Waals surface area contributed by atoms with E-state index in [1.165, 1.54) is 0 Å². The summed E-state index contributed by atoms with van der Waals surface area (Å²) in [6.45, 7) is 4.00. The molecule has 124 valence electrons. The third-order valence-electron chi connectivity index (χ3n) is 3.51. The Hall–Kier alpha value is -2.06. The lowest BCUT2D eigenvalue weighted by molar-refractivity contribution is 0.509. The largest absolute Gasteiger partial charge is 0.384 e. The highest BCUT2D eigenvalue weighted by Gasteiger charge is 2.23. The van der Waals surface area contributed by atoms with E-state index in [4.69, 9.17) is 0 Å². The Bertz CT molecular complexity index is 733.